The van der Waals surface area contributed by atoms with Crippen molar-refractivity contribution in [2.45, 2.75) is 18.9 Å². The Morgan fingerprint density at radius 2 is 2.50 bits per heavy atom. The molecule has 0 aromatic carbocycles. The number of piperidine rings is 1. The molecule has 0 aromatic rings. The summed E-state index contributed by atoms with van der Waals surface area (Å²) in [6.07, 6.45) is 0.678. The number of carbonyl (C=O) groups is 1. The standard InChI is InChI=1S/C8H15NO3/c1-12-8(11)4-6-5-9-3-2-7(6)10/h6-7,9-10H,2-5H2,1H3/t6-,7+/m0/s1. The predicted molar refractivity (Wildman–Crippen MR) is 43.6 cm³/mol. The minimum Gasteiger partial charge on any atom is -0.469 e. The quantitative estimate of drug-likeness (QED) is 0.554. The Morgan fingerprint density at radius 1 is 1.75 bits per heavy atom. The van der Waals surface area contributed by atoms with Crippen LogP contribution in [0.1, 0.15) is 12.8 Å². The summed E-state index contributed by atoms with van der Waals surface area (Å²) in [5, 5.41) is 12.6. The second kappa shape index (κ2) is 4.42. The van der Waals surface area contributed by atoms with Crippen LogP contribution in [0.2, 0.25) is 0 Å². The number of hydrogen-bond acceptors (Lipinski definition) is 4. The molecule has 1 fully saturated rings. The normalized spacial score (nSPS) is 29.8. The average molecular weight is 173 g/mol. The van der Waals surface area contributed by atoms with Gasteiger partial charge in [0.15, 0.2) is 0 Å². The maximum atomic E-state index is 10.9. The highest BCUT2D eigenvalue weighted by Gasteiger charge is 2.25. The highest BCUT2D eigenvalue weighted by Crippen LogP contribution is 2.15. The van der Waals surface area contributed by atoms with Crippen LogP contribution in [-0.2, 0) is 9.53 Å². The maximum absolute atomic E-state index is 10.9. The van der Waals surface area contributed by atoms with Gasteiger partial charge in [-0.1, -0.05) is 0 Å². The van der Waals surface area contributed by atoms with Gasteiger partial charge in [0.1, 0.15) is 0 Å². The van der Waals surface area contributed by atoms with Crippen LogP contribution in [0, 0.1) is 5.92 Å². The first kappa shape index (κ1) is 9.48. The van der Waals surface area contributed by atoms with E-state index in [0.29, 0.717) is 13.0 Å². The first-order valence-corrected chi connectivity index (χ1v) is 4.19. The van der Waals surface area contributed by atoms with Crippen molar-refractivity contribution in [3.05, 3.63) is 0 Å². The van der Waals surface area contributed by atoms with Gasteiger partial charge in [0.2, 0.25) is 0 Å². The Labute approximate surface area is 71.9 Å². The number of nitrogens with one attached hydrogen (secondary N) is 1. The molecule has 12 heavy (non-hydrogen) atoms. The van der Waals surface area contributed by atoms with Crippen molar-refractivity contribution in [1.82, 2.24) is 5.32 Å². The summed E-state index contributed by atoms with van der Waals surface area (Å²) in [6, 6.07) is 0. The summed E-state index contributed by atoms with van der Waals surface area (Å²) in [5.41, 5.74) is 0. The molecule has 0 saturated carbocycles. The molecule has 0 unspecified atom stereocenters. The number of carbonyl (C=O) groups excluding carboxylic acids is 1. The summed E-state index contributed by atoms with van der Waals surface area (Å²) in [7, 11) is 1.37. The van der Waals surface area contributed by atoms with Crippen LogP contribution in [0.3, 0.4) is 0 Å². The summed E-state index contributed by atoms with van der Waals surface area (Å²) < 4.78 is 4.52. The third-order valence-corrected chi connectivity index (χ3v) is 2.22. The number of aliphatic hydroxyl groups excluding tert-OH is 1. The van der Waals surface area contributed by atoms with E-state index in [1.165, 1.54) is 7.11 Å². The SMILES string of the molecule is COC(=O)C[C@H]1CNCC[C@H]1O. The fraction of sp³-hybridized carbons (Fsp3) is 0.875. The molecule has 2 atom stereocenters. The molecular weight excluding hydrogens is 158 g/mol. The van der Waals surface area contributed by atoms with Gasteiger partial charge in [-0.05, 0) is 13.0 Å². The smallest absolute Gasteiger partial charge is 0.305 e. The zero-order valence-corrected chi connectivity index (χ0v) is 7.25. The highest BCUT2D eigenvalue weighted by atomic mass is 16.5. The molecule has 1 aliphatic heterocycles. The fourth-order valence-electron chi connectivity index (χ4n) is 1.41. The molecule has 0 radical (unpaired) electrons. The Morgan fingerprint density at radius 3 is 3.08 bits per heavy atom. The van der Waals surface area contributed by atoms with Gasteiger partial charge >= 0.3 is 5.97 Å². The Hall–Kier alpha value is -0.610. The second-order valence-electron chi connectivity index (χ2n) is 3.10. The van der Waals surface area contributed by atoms with Crippen molar-refractivity contribution in [3.8, 4) is 0 Å². The van der Waals surface area contributed by atoms with Gasteiger partial charge in [0, 0.05) is 12.5 Å². The molecule has 0 aliphatic carbocycles. The Bertz CT molecular complexity index is 160. The molecular formula is C8H15NO3. The van der Waals surface area contributed by atoms with E-state index in [4.69, 9.17) is 0 Å². The van der Waals surface area contributed by atoms with E-state index in [2.05, 4.69) is 10.1 Å². The first-order chi connectivity index (χ1) is 5.74. The fourth-order valence-corrected chi connectivity index (χ4v) is 1.41. The summed E-state index contributed by atoms with van der Waals surface area (Å²) >= 11 is 0. The van der Waals surface area contributed by atoms with Gasteiger partial charge in [0.05, 0.1) is 19.6 Å². The number of methoxy groups -OCH3 is 1. The number of aliphatic hydroxyl groups is 1. The van der Waals surface area contributed by atoms with Crippen LogP contribution in [-0.4, -0.2) is 37.4 Å². The summed E-state index contributed by atoms with van der Waals surface area (Å²) in [6.45, 7) is 1.54. The largest absolute Gasteiger partial charge is 0.469 e. The number of hydrogen-bond donors (Lipinski definition) is 2. The van der Waals surface area contributed by atoms with Crippen molar-refractivity contribution >= 4 is 5.97 Å². The maximum Gasteiger partial charge on any atom is 0.305 e. The lowest BCUT2D eigenvalue weighted by molar-refractivity contribution is -0.143. The van der Waals surface area contributed by atoms with E-state index < -0.39 is 0 Å². The van der Waals surface area contributed by atoms with Crippen LogP contribution in [0.4, 0.5) is 0 Å². The Balaban J connectivity index is 2.33. The van der Waals surface area contributed by atoms with Crippen molar-refractivity contribution in [2.24, 2.45) is 5.92 Å². The highest BCUT2D eigenvalue weighted by molar-refractivity contribution is 5.69. The molecule has 1 aliphatic rings. The molecule has 4 nitrogen and oxygen atoms in total. The van der Waals surface area contributed by atoms with E-state index in [1.54, 1.807) is 0 Å². The molecule has 2 N–H and O–H groups in total. The molecule has 0 bridgehead atoms. The lowest BCUT2D eigenvalue weighted by atomic mass is 9.93. The predicted octanol–water partition coefficient (Wildman–Crippen LogP) is -0.480. The van der Waals surface area contributed by atoms with Gasteiger partial charge in [-0.2, -0.15) is 0 Å². The van der Waals surface area contributed by atoms with E-state index in [0.717, 1.165) is 13.0 Å². The van der Waals surface area contributed by atoms with Crippen LogP contribution in [0.5, 0.6) is 0 Å². The zero-order chi connectivity index (χ0) is 8.97. The lowest BCUT2D eigenvalue weighted by Crippen LogP contribution is -2.40. The van der Waals surface area contributed by atoms with Crippen LogP contribution in [0.15, 0.2) is 0 Å². The monoisotopic (exact) mass is 173 g/mol. The first-order valence-electron chi connectivity index (χ1n) is 4.19. The molecule has 0 spiro atoms. The van der Waals surface area contributed by atoms with Gasteiger partial charge in [-0.3, -0.25) is 4.79 Å². The van der Waals surface area contributed by atoms with Gasteiger partial charge in [-0.15, -0.1) is 0 Å². The van der Waals surface area contributed by atoms with Crippen LogP contribution >= 0.6 is 0 Å². The minimum absolute atomic E-state index is 0.0196. The molecule has 0 aromatic heterocycles. The van der Waals surface area contributed by atoms with Gasteiger partial charge in [-0.25, -0.2) is 0 Å². The molecule has 70 valence electrons. The second-order valence-corrected chi connectivity index (χ2v) is 3.10. The number of rotatable bonds is 2. The number of esters is 1. The van der Waals surface area contributed by atoms with E-state index >= 15 is 0 Å². The van der Waals surface area contributed by atoms with Crippen molar-refractivity contribution < 1.29 is 14.6 Å². The van der Waals surface area contributed by atoms with E-state index in [9.17, 15) is 9.90 Å². The Kier molecular flexibility index (Phi) is 3.49. The van der Waals surface area contributed by atoms with Crippen LogP contribution < -0.4 is 5.32 Å². The van der Waals surface area contributed by atoms with E-state index in [-0.39, 0.29) is 18.0 Å². The minimum atomic E-state index is -0.356. The number of ether oxygens (including phenoxy) is 1. The third kappa shape index (κ3) is 2.46. The summed E-state index contributed by atoms with van der Waals surface area (Å²) in [4.78, 5) is 10.9. The molecule has 0 amide bonds. The van der Waals surface area contributed by atoms with Crippen molar-refractivity contribution in [3.63, 3.8) is 0 Å². The van der Waals surface area contributed by atoms with Gasteiger partial charge < -0.3 is 15.2 Å². The average Bonchev–Trinajstić information content (AvgIpc) is 2.09. The summed E-state index contributed by atoms with van der Waals surface area (Å²) in [5.74, 6) is -0.228. The molecule has 1 saturated heterocycles. The topological polar surface area (TPSA) is 58.6 Å². The van der Waals surface area contributed by atoms with Crippen molar-refractivity contribution in [2.75, 3.05) is 20.2 Å². The third-order valence-electron chi connectivity index (χ3n) is 2.22. The molecule has 1 rings (SSSR count). The molecule has 1 heterocycles. The van der Waals surface area contributed by atoms with Gasteiger partial charge in [0.25, 0.3) is 0 Å². The molecule has 4 heteroatoms. The zero-order valence-electron chi connectivity index (χ0n) is 7.25. The van der Waals surface area contributed by atoms with Crippen LogP contribution in [0.25, 0.3) is 0 Å². The van der Waals surface area contributed by atoms with Crippen molar-refractivity contribution in [1.29, 1.82) is 0 Å². The van der Waals surface area contributed by atoms with E-state index in [1.807, 2.05) is 0 Å². The lowest BCUT2D eigenvalue weighted by Gasteiger charge is -2.27.